The minimum Gasteiger partial charge on any atom is -0.349 e. The molecule has 0 spiro atoms. The molecule has 0 aromatic heterocycles. The topological polar surface area (TPSA) is 41.1 Å². The number of rotatable bonds is 8. The van der Waals surface area contributed by atoms with Crippen molar-refractivity contribution < 1.29 is 31.1 Å². The third kappa shape index (κ3) is 6.49. The van der Waals surface area contributed by atoms with Crippen molar-refractivity contribution in [3.05, 3.63) is 83.4 Å². The van der Waals surface area contributed by atoms with Gasteiger partial charge in [0.1, 0.15) is 0 Å². The summed E-state index contributed by atoms with van der Waals surface area (Å²) in [5.41, 5.74) is -3.22. The van der Waals surface area contributed by atoms with E-state index in [9.17, 15) is 31.1 Å². The Morgan fingerprint density at radius 2 is 1.58 bits per heavy atom. The molecule has 0 heterocycles. The summed E-state index contributed by atoms with van der Waals surface area (Å²) in [6, 6.07) is 9.67. The third-order valence-corrected chi connectivity index (χ3v) is 6.84. The first kappa shape index (κ1) is 27.8. The van der Waals surface area contributed by atoms with Gasteiger partial charge in [-0.1, -0.05) is 36.4 Å². The minimum atomic E-state index is -4.96. The zero-order valence-electron chi connectivity index (χ0n) is 20.0. The Bertz CT molecular complexity index is 1010. The van der Waals surface area contributed by atoms with Crippen molar-refractivity contribution in [2.45, 2.75) is 68.9 Å². The molecule has 196 valence electrons. The van der Waals surface area contributed by atoms with Crippen LogP contribution in [0.3, 0.4) is 0 Å². The van der Waals surface area contributed by atoms with Gasteiger partial charge in [0.2, 0.25) is 5.91 Å². The summed E-state index contributed by atoms with van der Waals surface area (Å²) in [5.74, 6) is -0.406. The van der Waals surface area contributed by atoms with E-state index in [4.69, 9.17) is 0 Å². The number of alkyl halides is 6. The average molecular weight is 513 g/mol. The van der Waals surface area contributed by atoms with Crippen LogP contribution in [0.25, 0.3) is 0 Å². The van der Waals surface area contributed by atoms with Gasteiger partial charge in [0.15, 0.2) is 0 Å². The molecule has 1 fully saturated rings. The van der Waals surface area contributed by atoms with Gasteiger partial charge in [0.05, 0.1) is 22.6 Å². The summed E-state index contributed by atoms with van der Waals surface area (Å²) < 4.78 is 79.9. The van der Waals surface area contributed by atoms with Crippen LogP contribution in [0.5, 0.6) is 0 Å². The summed E-state index contributed by atoms with van der Waals surface area (Å²) in [5, 5.41) is 6.16. The van der Waals surface area contributed by atoms with Gasteiger partial charge < -0.3 is 10.6 Å². The molecule has 0 bridgehead atoms. The van der Waals surface area contributed by atoms with E-state index in [1.807, 2.05) is 36.4 Å². The zero-order valence-corrected chi connectivity index (χ0v) is 20.0. The maximum absolute atomic E-state index is 13.6. The fraction of sp³-hybridized carbons (Fsp3) is 0.444. The predicted molar refractivity (Wildman–Crippen MR) is 126 cm³/mol. The largest absolute Gasteiger partial charge is 0.416 e. The van der Waals surface area contributed by atoms with Crippen molar-refractivity contribution in [1.82, 2.24) is 10.6 Å². The van der Waals surface area contributed by atoms with Crippen LogP contribution in [0.1, 0.15) is 67.3 Å². The van der Waals surface area contributed by atoms with Crippen LogP contribution in [0.15, 0.2) is 61.2 Å². The van der Waals surface area contributed by atoms with Crippen molar-refractivity contribution in [3.63, 3.8) is 0 Å². The lowest BCUT2D eigenvalue weighted by Crippen LogP contribution is -2.50. The molecule has 1 unspecified atom stereocenters. The molecule has 2 N–H and O–H groups in total. The summed E-state index contributed by atoms with van der Waals surface area (Å²) in [7, 11) is 0. The van der Waals surface area contributed by atoms with Crippen LogP contribution < -0.4 is 10.6 Å². The van der Waals surface area contributed by atoms with Gasteiger partial charge in [-0.25, -0.2) is 0 Å². The van der Waals surface area contributed by atoms with Crippen molar-refractivity contribution in [2.24, 2.45) is 0 Å². The fourth-order valence-electron chi connectivity index (χ4n) is 4.76. The van der Waals surface area contributed by atoms with Crippen molar-refractivity contribution in [2.75, 3.05) is 6.54 Å². The highest BCUT2D eigenvalue weighted by atomic mass is 19.4. The summed E-state index contributed by atoms with van der Waals surface area (Å²) in [6.45, 7) is 5.87. The number of amides is 1. The first-order valence-corrected chi connectivity index (χ1v) is 11.9. The SMILES string of the molecule is C=CCCN[C@H]1CC[C@@](C(=O)NC(C)c2cc(C(F)(F)F)cc(C(F)(F)F)c2)(c2ccccc2)CC1. The first-order valence-electron chi connectivity index (χ1n) is 11.9. The molecule has 2 aromatic rings. The maximum atomic E-state index is 13.6. The Balaban J connectivity index is 1.87. The molecule has 9 heteroatoms. The molecule has 1 atom stereocenters. The van der Waals surface area contributed by atoms with E-state index < -0.39 is 40.8 Å². The number of halogens is 6. The highest BCUT2D eigenvalue weighted by Gasteiger charge is 2.44. The Morgan fingerprint density at radius 3 is 2.08 bits per heavy atom. The van der Waals surface area contributed by atoms with E-state index >= 15 is 0 Å². The highest BCUT2D eigenvalue weighted by Crippen LogP contribution is 2.41. The number of hydrogen-bond donors (Lipinski definition) is 2. The van der Waals surface area contributed by atoms with Crippen molar-refractivity contribution in [3.8, 4) is 0 Å². The molecule has 1 amide bonds. The van der Waals surface area contributed by atoms with Crippen LogP contribution in [0.2, 0.25) is 0 Å². The second-order valence-electron chi connectivity index (χ2n) is 9.29. The fourth-order valence-corrected chi connectivity index (χ4v) is 4.76. The van der Waals surface area contributed by atoms with E-state index in [1.54, 1.807) is 0 Å². The van der Waals surface area contributed by atoms with Gasteiger partial charge in [-0.2, -0.15) is 26.3 Å². The second-order valence-corrected chi connectivity index (χ2v) is 9.29. The average Bonchev–Trinajstić information content (AvgIpc) is 2.84. The molecule has 3 nitrogen and oxygen atoms in total. The molecule has 0 radical (unpaired) electrons. The molecule has 2 aromatic carbocycles. The Labute approximate surface area is 207 Å². The van der Waals surface area contributed by atoms with E-state index in [-0.39, 0.29) is 17.7 Å². The zero-order chi connectivity index (χ0) is 26.6. The monoisotopic (exact) mass is 512 g/mol. The Hall–Kier alpha value is -2.81. The molecule has 1 saturated carbocycles. The number of carbonyl (C=O) groups excluding carboxylic acids is 1. The van der Waals surface area contributed by atoms with Crippen LogP contribution in [0.4, 0.5) is 26.3 Å². The smallest absolute Gasteiger partial charge is 0.349 e. The van der Waals surface area contributed by atoms with Gasteiger partial charge in [-0.15, -0.1) is 6.58 Å². The van der Waals surface area contributed by atoms with E-state index in [0.717, 1.165) is 18.5 Å². The summed E-state index contributed by atoms with van der Waals surface area (Å²) >= 11 is 0. The predicted octanol–water partition coefficient (Wildman–Crippen LogP) is 6.95. The summed E-state index contributed by atoms with van der Waals surface area (Å²) in [6.07, 6.45) is -4.88. The second kappa shape index (κ2) is 11.1. The highest BCUT2D eigenvalue weighted by molar-refractivity contribution is 5.88. The minimum absolute atomic E-state index is 0.0874. The quantitative estimate of drug-likeness (QED) is 0.228. The van der Waals surface area contributed by atoms with Gasteiger partial charge >= 0.3 is 12.4 Å². The number of hydrogen-bond acceptors (Lipinski definition) is 2. The van der Waals surface area contributed by atoms with Gasteiger partial charge in [-0.05, 0) is 74.9 Å². The maximum Gasteiger partial charge on any atom is 0.416 e. The molecule has 0 saturated heterocycles. The van der Waals surface area contributed by atoms with Gasteiger partial charge in [0.25, 0.3) is 0 Å². The Morgan fingerprint density at radius 1 is 1.03 bits per heavy atom. The third-order valence-electron chi connectivity index (χ3n) is 6.84. The Kier molecular flexibility index (Phi) is 8.54. The molecule has 36 heavy (non-hydrogen) atoms. The number of benzene rings is 2. The van der Waals surface area contributed by atoms with Crippen LogP contribution in [0, 0.1) is 0 Å². The van der Waals surface area contributed by atoms with E-state index in [1.165, 1.54) is 6.92 Å². The van der Waals surface area contributed by atoms with Crippen LogP contribution in [-0.4, -0.2) is 18.5 Å². The first-order chi connectivity index (χ1) is 16.9. The van der Waals surface area contributed by atoms with Gasteiger partial charge in [-0.3, -0.25) is 4.79 Å². The number of carbonyl (C=O) groups is 1. The standard InChI is InChI=1S/C27H30F6N2O/c1-3-4-14-34-23-10-12-25(13-11-23,20-8-6-5-7-9-20)24(36)35-18(2)19-15-21(26(28,29)30)17-22(16-19)27(31,32)33/h3,5-9,15-18,23,34H,1,4,10-14H2,2H3,(H,35,36)/t18?,23-,25-. The van der Waals surface area contributed by atoms with Crippen molar-refractivity contribution >= 4 is 5.91 Å². The van der Waals surface area contributed by atoms with Crippen LogP contribution >= 0.6 is 0 Å². The lowest BCUT2D eigenvalue weighted by atomic mass is 9.67. The molecule has 0 aliphatic heterocycles. The number of nitrogens with one attached hydrogen (secondary N) is 2. The molecular weight excluding hydrogens is 482 g/mol. The molecule has 1 aliphatic rings. The molecule has 1 aliphatic carbocycles. The lowest BCUT2D eigenvalue weighted by Gasteiger charge is -2.40. The van der Waals surface area contributed by atoms with Crippen LogP contribution in [-0.2, 0) is 22.6 Å². The van der Waals surface area contributed by atoms with Crippen molar-refractivity contribution in [1.29, 1.82) is 0 Å². The van der Waals surface area contributed by atoms with Gasteiger partial charge in [0, 0.05) is 6.04 Å². The van der Waals surface area contributed by atoms with E-state index in [0.29, 0.717) is 37.8 Å². The lowest BCUT2D eigenvalue weighted by molar-refractivity contribution is -0.143. The van der Waals surface area contributed by atoms with E-state index in [2.05, 4.69) is 17.2 Å². The molecule has 3 rings (SSSR count). The summed E-state index contributed by atoms with van der Waals surface area (Å²) in [4.78, 5) is 13.6. The normalized spacial score (nSPS) is 21.6. The molecular formula is C27H30F6N2O.